The van der Waals surface area contributed by atoms with E-state index >= 15 is 0 Å². The van der Waals surface area contributed by atoms with Crippen LogP contribution in [0.1, 0.15) is 49.7 Å². The molecule has 3 atom stereocenters. The summed E-state index contributed by atoms with van der Waals surface area (Å²) in [5.74, 6) is 0. The molecule has 1 spiro atoms. The zero-order valence-electron chi connectivity index (χ0n) is 17.4. The van der Waals surface area contributed by atoms with Gasteiger partial charge in [0.05, 0.1) is 31.3 Å². The number of quaternary nitrogens is 1. The minimum atomic E-state index is -1.58. The average Bonchev–Trinajstić information content (AvgIpc) is 3.31. The molecule has 3 aliphatic heterocycles. The third kappa shape index (κ3) is 3.49. The second kappa shape index (κ2) is 8.60. The lowest BCUT2D eigenvalue weighted by molar-refractivity contribution is -0.956. The van der Waals surface area contributed by atoms with E-state index < -0.39 is 11.9 Å². The SMILES string of the molecule is OC(OC1CC2CCC(C1)[N+]21CCCC1)C(O)(c1ccccc1)c1ccccc1.[Cl-]. The Kier molecular flexibility index (Phi) is 6.25. The monoisotopic (exact) mass is 429 g/mol. The molecule has 2 bridgehead atoms. The maximum Gasteiger partial charge on any atom is 0.192 e. The molecule has 30 heavy (non-hydrogen) atoms. The Morgan fingerprint density at radius 1 is 0.833 bits per heavy atom. The zero-order chi connectivity index (χ0) is 19.9. The molecule has 4 nitrogen and oxygen atoms in total. The molecular formula is C25H32ClNO3. The molecule has 3 aliphatic rings. The first-order chi connectivity index (χ1) is 14.1. The van der Waals surface area contributed by atoms with Gasteiger partial charge in [-0.2, -0.15) is 0 Å². The van der Waals surface area contributed by atoms with Gasteiger partial charge >= 0.3 is 0 Å². The van der Waals surface area contributed by atoms with Crippen molar-refractivity contribution in [3.05, 3.63) is 71.8 Å². The van der Waals surface area contributed by atoms with Crippen molar-refractivity contribution in [1.82, 2.24) is 0 Å². The molecule has 162 valence electrons. The van der Waals surface area contributed by atoms with Gasteiger partial charge in [0, 0.05) is 38.5 Å². The van der Waals surface area contributed by atoms with E-state index in [1.807, 2.05) is 60.7 Å². The summed E-state index contributed by atoms with van der Waals surface area (Å²) in [6, 6.07) is 20.1. The van der Waals surface area contributed by atoms with Gasteiger partial charge in [-0.1, -0.05) is 60.7 Å². The second-order valence-electron chi connectivity index (χ2n) is 9.22. The highest BCUT2D eigenvalue weighted by Gasteiger charge is 2.56. The summed E-state index contributed by atoms with van der Waals surface area (Å²) in [5, 5.41) is 22.9. The number of piperidine rings is 1. The molecule has 0 aliphatic carbocycles. The molecule has 3 unspecified atom stereocenters. The molecular weight excluding hydrogens is 398 g/mol. The number of rotatable bonds is 5. The fourth-order valence-corrected chi connectivity index (χ4v) is 6.44. The van der Waals surface area contributed by atoms with Crippen molar-refractivity contribution in [2.45, 2.75) is 68.6 Å². The molecule has 0 amide bonds. The Balaban J connectivity index is 0.00000218. The average molecular weight is 430 g/mol. The van der Waals surface area contributed by atoms with Crippen molar-refractivity contribution in [3.8, 4) is 0 Å². The lowest BCUT2D eigenvalue weighted by Gasteiger charge is -2.48. The summed E-state index contributed by atoms with van der Waals surface area (Å²) in [7, 11) is 0. The second-order valence-corrected chi connectivity index (χ2v) is 9.22. The number of ether oxygens (including phenoxy) is 1. The molecule has 2 aromatic rings. The number of halogens is 1. The highest BCUT2D eigenvalue weighted by molar-refractivity contribution is 5.36. The summed E-state index contributed by atoms with van der Waals surface area (Å²) >= 11 is 0. The first-order valence-corrected chi connectivity index (χ1v) is 11.2. The van der Waals surface area contributed by atoms with Crippen LogP contribution in [-0.4, -0.2) is 52.3 Å². The van der Waals surface area contributed by atoms with Crippen molar-refractivity contribution in [3.63, 3.8) is 0 Å². The zero-order valence-corrected chi connectivity index (χ0v) is 18.1. The number of hydrogen-bond donors (Lipinski definition) is 2. The third-order valence-electron chi connectivity index (χ3n) is 7.86. The molecule has 5 rings (SSSR count). The molecule has 0 saturated carbocycles. The molecule has 0 aromatic heterocycles. The molecule has 2 aromatic carbocycles. The van der Waals surface area contributed by atoms with Gasteiger partial charge in [0.2, 0.25) is 0 Å². The standard InChI is InChI=1S/C25H32NO3.ClH/c27-24(25(28,19-9-3-1-4-10-19)20-11-5-2-6-12-20)29-23-17-21-13-14-22(18-23)26(21)15-7-8-16-26;/h1-6,9-12,21-24,27-28H,7-8,13-18H2;1H/q+1;/p-1. The van der Waals surface area contributed by atoms with Crippen LogP contribution in [0.15, 0.2) is 60.7 Å². The van der Waals surface area contributed by atoms with Crippen LogP contribution in [0.4, 0.5) is 0 Å². The summed E-state index contributed by atoms with van der Waals surface area (Å²) < 4.78 is 7.55. The number of nitrogens with zero attached hydrogens (tertiary/aromatic N) is 1. The maximum absolute atomic E-state index is 11.7. The maximum atomic E-state index is 11.7. The lowest BCUT2D eigenvalue weighted by Crippen LogP contribution is -3.00. The fourth-order valence-electron chi connectivity index (χ4n) is 6.44. The van der Waals surface area contributed by atoms with Gasteiger partial charge in [0.25, 0.3) is 0 Å². The van der Waals surface area contributed by atoms with E-state index in [0.29, 0.717) is 23.2 Å². The Hall–Kier alpha value is -1.43. The van der Waals surface area contributed by atoms with Gasteiger partial charge in [-0.25, -0.2) is 0 Å². The number of aliphatic hydroxyl groups is 2. The molecule has 3 fully saturated rings. The molecule has 3 heterocycles. The van der Waals surface area contributed by atoms with Gasteiger partial charge in [-0.3, -0.25) is 0 Å². The van der Waals surface area contributed by atoms with Gasteiger partial charge in [-0.15, -0.1) is 0 Å². The normalized spacial score (nSPS) is 28.3. The van der Waals surface area contributed by atoms with Crippen LogP contribution in [0.25, 0.3) is 0 Å². The summed E-state index contributed by atoms with van der Waals surface area (Å²) in [6.45, 7) is 2.64. The van der Waals surface area contributed by atoms with Crippen LogP contribution in [0.5, 0.6) is 0 Å². The van der Waals surface area contributed by atoms with Gasteiger partial charge < -0.3 is 31.8 Å². The van der Waals surface area contributed by atoms with Crippen molar-refractivity contribution in [2.75, 3.05) is 13.1 Å². The number of hydrogen-bond acceptors (Lipinski definition) is 3. The summed E-state index contributed by atoms with van der Waals surface area (Å²) in [4.78, 5) is 0. The molecule has 2 N–H and O–H groups in total. The van der Waals surface area contributed by atoms with E-state index in [2.05, 4.69) is 0 Å². The smallest absolute Gasteiger partial charge is 0.192 e. The van der Waals surface area contributed by atoms with Crippen LogP contribution in [0.3, 0.4) is 0 Å². The molecule has 0 radical (unpaired) electrons. The van der Waals surface area contributed by atoms with Crippen molar-refractivity contribution < 1.29 is 31.8 Å². The molecule has 5 heteroatoms. The Labute approximate surface area is 185 Å². The van der Waals surface area contributed by atoms with Gasteiger partial charge in [-0.05, 0) is 11.1 Å². The van der Waals surface area contributed by atoms with Crippen molar-refractivity contribution >= 4 is 0 Å². The minimum Gasteiger partial charge on any atom is -1.00 e. The number of aliphatic hydroxyl groups excluding tert-OH is 1. The van der Waals surface area contributed by atoms with Crippen LogP contribution >= 0.6 is 0 Å². The highest BCUT2D eigenvalue weighted by atomic mass is 35.5. The van der Waals surface area contributed by atoms with Gasteiger partial charge in [0.1, 0.15) is 0 Å². The van der Waals surface area contributed by atoms with E-state index in [4.69, 9.17) is 4.74 Å². The summed E-state index contributed by atoms with van der Waals surface area (Å²) in [6.07, 6.45) is 5.95. The van der Waals surface area contributed by atoms with Crippen LogP contribution in [0, 0.1) is 0 Å². The fraction of sp³-hybridized carbons (Fsp3) is 0.520. The number of benzene rings is 2. The Bertz CT molecular complexity index is 769. The Morgan fingerprint density at radius 3 is 1.77 bits per heavy atom. The third-order valence-corrected chi connectivity index (χ3v) is 7.86. The Morgan fingerprint density at radius 2 is 1.30 bits per heavy atom. The van der Waals surface area contributed by atoms with Crippen molar-refractivity contribution in [1.29, 1.82) is 0 Å². The van der Waals surface area contributed by atoms with Crippen molar-refractivity contribution in [2.24, 2.45) is 0 Å². The predicted octanol–water partition coefficient (Wildman–Crippen LogP) is 0.566. The molecule has 3 saturated heterocycles. The van der Waals surface area contributed by atoms with E-state index in [1.54, 1.807) is 0 Å². The topological polar surface area (TPSA) is 49.7 Å². The van der Waals surface area contributed by atoms with E-state index in [0.717, 1.165) is 12.8 Å². The quantitative estimate of drug-likeness (QED) is 0.539. The predicted molar refractivity (Wildman–Crippen MR) is 112 cm³/mol. The van der Waals surface area contributed by atoms with E-state index in [-0.39, 0.29) is 18.5 Å². The first-order valence-electron chi connectivity index (χ1n) is 11.2. The van der Waals surface area contributed by atoms with Crippen LogP contribution in [0.2, 0.25) is 0 Å². The summed E-state index contributed by atoms with van der Waals surface area (Å²) in [5.41, 5.74) is -0.278. The highest BCUT2D eigenvalue weighted by Crippen LogP contribution is 2.47. The van der Waals surface area contributed by atoms with E-state index in [1.165, 1.54) is 43.3 Å². The largest absolute Gasteiger partial charge is 1.00 e. The van der Waals surface area contributed by atoms with Crippen LogP contribution < -0.4 is 12.4 Å². The lowest BCUT2D eigenvalue weighted by atomic mass is 9.85. The van der Waals surface area contributed by atoms with Crippen LogP contribution in [-0.2, 0) is 10.3 Å². The van der Waals surface area contributed by atoms with Gasteiger partial charge in [0.15, 0.2) is 11.9 Å². The van der Waals surface area contributed by atoms with E-state index in [9.17, 15) is 10.2 Å². The minimum absolute atomic E-state index is 0. The first kappa shape index (κ1) is 21.8.